The van der Waals surface area contributed by atoms with Gasteiger partial charge in [-0.25, -0.2) is 0 Å². The number of halogens is 1. The van der Waals surface area contributed by atoms with E-state index in [0.717, 1.165) is 0 Å². The Kier molecular flexibility index (Phi) is 3.50. The molecule has 1 fully saturated rings. The standard InChI is InChI=1S/C13H14ClN3O3/c1-15-12(18)11-7-17(4-5-19-11)13-16-9-6-8(14)2-3-10(9)20-13/h2-3,6,11H,4-5,7H2,1H3,(H,15,18). The first-order valence-corrected chi connectivity index (χ1v) is 6.69. The van der Waals surface area contributed by atoms with Gasteiger partial charge in [-0.15, -0.1) is 0 Å². The number of fused-ring (bicyclic) bond motifs is 1. The van der Waals surface area contributed by atoms with E-state index < -0.39 is 6.10 Å². The van der Waals surface area contributed by atoms with Gasteiger partial charge in [0.1, 0.15) is 5.52 Å². The van der Waals surface area contributed by atoms with Crippen LogP contribution in [0.4, 0.5) is 6.01 Å². The van der Waals surface area contributed by atoms with Crippen LogP contribution in [0.25, 0.3) is 11.1 Å². The minimum Gasteiger partial charge on any atom is -0.423 e. The molecule has 0 saturated carbocycles. The number of nitrogens with zero attached hydrogens (tertiary/aromatic N) is 2. The molecule has 1 unspecified atom stereocenters. The number of ether oxygens (including phenoxy) is 1. The summed E-state index contributed by atoms with van der Waals surface area (Å²) in [4.78, 5) is 17.9. The summed E-state index contributed by atoms with van der Waals surface area (Å²) < 4.78 is 11.1. The number of carbonyl (C=O) groups excluding carboxylic acids is 1. The number of hydrogen-bond donors (Lipinski definition) is 1. The predicted octanol–water partition coefficient (Wildman–Crippen LogP) is 1.43. The fourth-order valence-corrected chi connectivity index (χ4v) is 2.33. The molecule has 1 aliphatic heterocycles. The monoisotopic (exact) mass is 295 g/mol. The predicted molar refractivity (Wildman–Crippen MR) is 75.0 cm³/mol. The second-order valence-electron chi connectivity index (χ2n) is 4.53. The summed E-state index contributed by atoms with van der Waals surface area (Å²) in [5, 5.41) is 3.20. The van der Waals surface area contributed by atoms with Gasteiger partial charge in [-0.2, -0.15) is 4.98 Å². The summed E-state index contributed by atoms with van der Waals surface area (Å²) in [5.74, 6) is -0.145. The lowest BCUT2D eigenvalue weighted by Crippen LogP contribution is -2.49. The van der Waals surface area contributed by atoms with Crippen LogP contribution in [0.15, 0.2) is 22.6 Å². The van der Waals surface area contributed by atoms with Crippen LogP contribution < -0.4 is 10.2 Å². The maximum atomic E-state index is 11.6. The lowest BCUT2D eigenvalue weighted by molar-refractivity contribution is -0.132. The fraction of sp³-hybridized carbons (Fsp3) is 0.385. The SMILES string of the molecule is CNC(=O)C1CN(c2nc3cc(Cl)ccc3o2)CCO1. The third-order valence-electron chi connectivity index (χ3n) is 3.21. The zero-order valence-corrected chi connectivity index (χ0v) is 11.7. The summed E-state index contributed by atoms with van der Waals surface area (Å²) in [5.41, 5.74) is 1.38. The minimum atomic E-state index is -0.507. The van der Waals surface area contributed by atoms with E-state index in [1.54, 1.807) is 25.2 Å². The first-order valence-electron chi connectivity index (χ1n) is 6.31. The van der Waals surface area contributed by atoms with Gasteiger partial charge < -0.3 is 19.4 Å². The number of amides is 1. The van der Waals surface area contributed by atoms with Gasteiger partial charge in [0, 0.05) is 18.6 Å². The van der Waals surface area contributed by atoms with E-state index in [-0.39, 0.29) is 5.91 Å². The Morgan fingerprint density at radius 2 is 2.40 bits per heavy atom. The van der Waals surface area contributed by atoms with Crippen molar-refractivity contribution in [2.45, 2.75) is 6.10 Å². The van der Waals surface area contributed by atoms with E-state index in [4.69, 9.17) is 20.8 Å². The summed E-state index contributed by atoms with van der Waals surface area (Å²) in [6.45, 7) is 1.51. The van der Waals surface area contributed by atoms with Crippen LogP contribution in [0.3, 0.4) is 0 Å². The number of benzene rings is 1. The Bertz CT molecular complexity index is 643. The molecule has 0 aliphatic carbocycles. The molecule has 1 aromatic heterocycles. The maximum absolute atomic E-state index is 11.6. The average Bonchev–Trinajstić information content (AvgIpc) is 2.89. The van der Waals surface area contributed by atoms with Gasteiger partial charge in [0.05, 0.1) is 13.2 Å². The zero-order chi connectivity index (χ0) is 14.1. The van der Waals surface area contributed by atoms with Crippen LogP contribution in [-0.4, -0.2) is 43.7 Å². The number of morpholine rings is 1. The number of aromatic nitrogens is 1. The number of rotatable bonds is 2. The molecule has 20 heavy (non-hydrogen) atoms. The highest BCUT2D eigenvalue weighted by molar-refractivity contribution is 6.31. The van der Waals surface area contributed by atoms with Crippen LogP contribution in [-0.2, 0) is 9.53 Å². The summed E-state index contributed by atoms with van der Waals surface area (Å²) in [7, 11) is 1.59. The summed E-state index contributed by atoms with van der Waals surface area (Å²) in [6, 6.07) is 5.77. The maximum Gasteiger partial charge on any atom is 0.298 e. The Labute approximate surface area is 120 Å². The smallest absolute Gasteiger partial charge is 0.298 e. The van der Waals surface area contributed by atoms with Crippen molar-refractivity contribution in [2.75, 3.05) is 31.6 Å². The summed E-state index contributed by atoms with van der Waals surface area (Å²) >= 11 is 5.93. The van der Waals surface area contributed by atoms with Gasteiger partial charge in [-0.05, 0) is 18.2 Å². The van der Waals surface area contributed by atoms with E-state index >= 15 is 0 Å². The molecule has 1 saturated heterocycles. The first kappa shape index (κ1) is 13.2. The molecule has 1 amide bonds. The lowest BCUT2D eigenvalue weighted by Gasteiger charge is -2.30. The molecule has 2 aromatic rings. The van der Waals surface area contributed by atoms with Crippen molar-refractivity contribution in [2.24, 2.45) is 0 Å². The molecule has 2 heterocycles. The second-order valence-corrected chi connectivity index (χ2v) is 4.96. The molecule has 106 valence electrons. The largest absolute Gasteiger partial charge is 0.423 e. The van der Waals surface area contributed by atoms with E-state index in [0.29, 0.717) is 41.8 Å². The Balaban J connectivity index is 1.84. The molecule has 1 aromatic carbocycles. The van der Waals surface area contributed by atoms with Crippen molar-refractivity contribution < 1.29 is 13.9 Å². The van der Waals surface area contributed by atoms with Gasteiger partial charge >= 0.3 is 0 Å². The number of likely N-dealkylation sites (N-methyl/N-ethyl adjacent to an activating group) is 1. The lowest BCUT2D eigenvalue weighted by atomic mass is 10.2. The van der Waals surface area contributed by atoms with Gasteiger partial charge in [-0.3, -0.25) is 4.79 Å². The number of hydrogen-bond acceptors (Lipinski definition) is 5. The summed E-state index contributed by atoms with van der Waals surface area (Å²) in [6.07, 6.45) is -0.507. The average molecular weight is 296 g/mol. The highest BCUT2D eigenvalue weighted by Gasteiger charge is 2.28. The number of nitrogens with one attached hydrogen (secondary N) is 1. The van der Waals surface area contributed by atoms with Crippen LogP contribution in [0.5, 0.6) is 0 Å². The molecule has 6 nitrogen and oxygen atoms in total. The number of carbonyl (C=O) groups is 1. The molecular formula is C13H14ClN3O3. The highest BCUT2D eigenvalue weighted by Crippen LogP contribution is 2.25. The van der Waals surface area contributed by atoms with E-state index in [2.05, 4.69) is 10.3 Å². The quantitative estimate of drug-likeness (QED) is 0.908. The third kappa shape index (κ3) is 2.44. The van der Waals surface area contributed by atoms with Crippen LogP contribution in [0.2, 0.25) is 5.02 Å². The zero-order valence-electron chi connectivity index (χ0n) is 10.9. The molecular weight excluding hydrogens is 282 g/mol. The molecule has 3 rings (SSSR count). The van der Waals surface area contributed by atoms with E-state index in [1.807, 2.05) is 4.90 Å². The van der Waals surface area contributed by atoms with Crippen molar-refractivity contribution in [1.29, 1.82) is 0 Å². The first-order chi connectivity index (χ1) is 9.67. The number of anilines is 1. The van der Waals surface area contributed by atoms with Crippen molar-refractivity contribution >= 4 is 34.6 Å². The van der Waals surface area contributed by atoms with Crippen molar-refractivity contribution in [3.05, 3.63) is 23.2 Å². The Hall–Kier alpha value is -1.79. The minimum absolute atomic E-state index is 0.145. The van der Waals surface area contributed by atoms with Gasteiger partial charge in [0.25, 0.3) is 11.9 Å². The van der Waals surface area contributed by atoms with Crippen molar-refractivity contribution in [1.82, 2.24) is 10.3 Å². The fourth-order valence-electron chi connectivity index (χ4n) is 2.17. The van der Waals surface area contributed by atoms with Gasteiger partial charge in [0.15, 0.2) is 11.7 Å². The molecule has 0 bridgehead atoms. The Morgan fingerprint density at radius 3 is 3.20 bits per heavy atom. The molecule has 0 spiro atoms. The Morgan fingerprint density at radius 1 is 1.55 bits per heavy atom. The van der Waals surface area contributed by atoms with Crippen molar-refractivity contribution in [3.8, 4) is 0 Å². The molecule has 7 heteroatoms. The van der Waals surface area contributed by atoms with E-state index in [9.17, 15) is 4.79 Å². The van der Waals surface area contributed by atoms with Crippen LogP contribution in [0, 0.1) is 0 Å². The van der Waals surface area contributed by atoms with Gasteiger partial charge in [-0.1, -0.05) is 11.6 Å². The second kappa shape index (κ2) is 5.30. The highest BCUT2D eigenvalue weighted by atomic mass is 35.5. The molecule has 1 N–H and O–H groups in total. The normalized spacial score (nSPS) is 19.3. The number of oxazole rings is 1. The topological polar surface area (TPSA) is 67.6 Å². The van der Waals surface area contributed by atoms with Crippen LogP contribution in [0.1, 0.15) is 0 Å². The third-order valence-corrected chi connectivity index (χ3v) is 3.45. The molecule has 1 aliphatic rings. The van der Waals surface area contributed by atoms with Crippen LogP contribution >= 0.6 is 11.6 Å². The molecule has 1 atom stereocenters. The van der Waals surface area contributed by atoms with Crippen molar-refractivity contribution in [3.63, 3.8) is 0 Å². The van der Waals surface area contributed by atoms with E-state index in [1.165, 1.54) is 0 Å². The van der Waals surface area contributed by atoms with Gasteiger partial charge in [0.2, 0.25) is 0 Å². The molecule has 0 radical (unpaired) electrons.